The van der Waals surface area contributed by atoms with E-state index in [1.54, 1.807) is 32.0 Å². The minimum absolute atomic E-state index is 0.0629. The van der Waals surface area contributed by atoms with Gasteiger partial charge < -0.3 is 19.9 Å². The van der Waals surface area contributed by atoms with Crippen molar-refractivity contribution in [1.82, 2.24) is 5.32 Å². The minimum Gasteiger partial charge on any atom is -0.485 e. The molecule has 0 aliphatic carbocycles. The molecule has 0 spiro atoms. The van der Waals surface area contributed by atoms with Crippen LogP contribution in [0.5, 0.6) is 11.5 Å². The van der Waals surface area contributed by atoms with E-state index in [9.17, 15) is 9.59 Å². The summed E-state index contributed by atoms with van der Waals surface area (Å²) in [7, 11) is 0. The van der Waals surface area contributed by atoms with Crippen molar-refractivity contribution >= 4 is 11.9 Å². The number of carbonyl (C=O) groups is 2. The molecule has 114 valence electrons. The highest BCUT2D eigenvalue weighted by Crippen LogP contribution is 2.30. The van der Waals surface area contributed by atoms with Crippen LogP contribution in [0.15, 0.2) is 24.3 Å². The van der Waals surface area contributed by atoms with Gasteiger partial charge in [0.25, 0.3) is 5.91 Å². The van der Waals surface area contributed by atoms with E-state index >= 15 is 0 Å². The van der Waals surface area contributed by atoms with Crippen molar-refractivity contribution in [2.24, 2.45) is 11.8 Å². The molecule has 2 rings (SSSR count). The molecule has 0 aromatic heterocycles. The molecule has 2 unspecified atom stereocenters. The van der Waals surface area contributed by atoms with Gasteiger partial charge >= 0.3 is 5.97 Å². The third-order valence-corrected chi connectivity index (χ3v) is 3.42. The number of rotatable bonds is 5. The number of carboxylic acids is 1. The Kier molecular flexibility index (Phi) is 4.67. The maximum atomic E-state index is 12.0. The fraction of sp³-hybridized carbons (Fsp3) is 0.467. The van der Waals surface area contributed by atoms with Crippen molar-refractivity contribution in [3.63, 3.8) is 0 Å². The molecule has 6 nitrogen and oxygen atoms in total. The lowest BCUT2D eigenvalue weighted by atomic mass is 9.96. The first-order valence-electron chi connectivity index (χ1n) is 6.88. The Labute approximate surface area is 123 Å². The third kappa shape index (κ3) is 3.65. The Hall–Kier alpha value is -2.24. The van der Waals surface area contributed by atoms with Crippen molar-refractivity contribution in [1.29, 1.82) is 0 Å². The standard InChI is InChI=1S/C15H19NO5/c1-9(2)10(15(18)19)7-16-14(17)13-8-20-11-5-3-4-6-12(11)21-13/h3-6,9-10,13H,7-8H2,1-2H3,(H,16,17)(H,18,19). The average Bonchev–Trinajstić information content (AvgIpc) is 2.46. The van der Waals surface area contributed by atoms with E-state index < -0.39 is 18.0 Å². The smallest absolute Gasteiger partial charge is 0.308 e. The molecule has 0 fully saturated rings. The summed E-state index contributed by atoms with van der Waals surface area (Å²) in [4.78, 5) is 23.1. The van der Waals surface area contributed by atoms with Crippen LogP contribution in [0, 0.1) is 11.8 Å². The summed E-state index contributed by atoms with van der Waals surface area (Å²) in [6, 6.07) is 7.11. The van der Waals surface area contributed by atoms with Gasteiger partial charge in [-0.25, -0.2) is 0 Å². The topological polar surface area (TPSA) is 84.9 Å². The normalized spacial score (nSPS) is 18.1. The van der Waals surface area contributed by atoms with Crippen LogP contribution in [-0.4, -0.2) is 36.2 Å². The Morgan fingerprint density at radius 1 is 1.33 bits per heavy atom. The minimum atomic E-state index is -0.920. The number of fused-ring (bicyclic) bond motifs is 1. The van der Waals surface area contributed by atoms with E-state index in [2.05, 4.69) is 5.32 Å². The molecule has 1 heterocycles. The number of hydrogen-bond acceptors (Lipinski definition) is 4. The largest absolute Gasteiger partial charge is 0.485 e. The van der Waals surface area contributed by atoms with Crippen LogP contribution in [0.25, 0.3) is 0 Å². The van der Waals surface area contributed by atoms with Crippen LogP contribution in [-0.2, 0) is 9.59 Å². The molecule has 0 saturated carbocycles. The first kappa shape index (κ1) is 15.2. The SMILES string of the molecule is CC(C)C(CNC(=O)C1COc2ccccc2O1)C(=O)O. The van der Waals surface area contributed by atoms with E-state index in [4.69, 9.17) is 14.6 Å². The van der Waals surface area contributed by atoms with Crippen molar-refractivity contribution in [3.8, 4) is 11.5 Å². The molecule has 2 atom stereocenters. The second kappa shape index (κ2) is 6.47. The lowest BCUT2D eigenvalue weighted by molar-refractivity contribution is -0.143. The Morgan fingerprint density at radius 3 is 2.62 bits per heavy atom. The summed E-state index contributed by atoms with van der Waals surface area (Å²) in [5.74, 6) is -0.847. The van der Waals surface area contributed by atoms with Gasteiger partial charge in [-0.15, -0.1) is 0 Å². The monoisotopic (exact) mass is 293 g/mol. The summed E-state index contributed by atoms with van der Waals surface area (Å²) in [5.41, 5.74) is 0. The number of carboxylic acid groups (broad SMARTS) is 1. The number of aliphatic carboxylic acids is 1. The Morgan fingerprint density at radius 2 is 2.00 bits per heavy atom. The van der Waals surface area contributed by atoms with Crippen molar-refractivity contribution in [2.45, 2.75) is 20.0 Å². The summed E-state index contributed by atoms with van der Waals surface area (Å²) in [5, 5.41) is 11.7. The number of nitrogens with one attached hydrogen (secondary N) is 1. The number of hydrogen-bond donors (Lipinski definition) is 2. The zero-order valence-electron chi connectivity index (χ0n) is 12.0. The van der Waals surface area contributed by atoms with Crippen molar-refractivity contribution in [2.75, 3.05) is 13.2 Å². The molecule has 21 heavy (non-hydrogen) atoms. The van der Waals surface area contributed by atoms with Crippen LogP contribution < -0.4 is 14.8 Å². The Balaban J connectivity index is 1.92. The highest BCUT2D eigenvalue weighted by atomic mass is 16.6. The molecule has 1 aliphatic heterocycles. The number of benzene rings is 1. The first-order chi connectivity index (χ1) is 9.99. The van der Waals surface area contributed by atoms with Crippen LogP contribution in [0.1, 0.15) is 13.8 Å². The Bertz CT molecular complexity index is 529. The van der Waals surface area contributed by atoms with Crippen LogP contribution in [0.4, 0.5) is 0 Å². The van der Waals surface area contributed by atoms with Gasteiger partial charge in [-0.3, -0.25) is 9.59 Å². The summed E-state index contributed by atoms with van der Waals surface area (Å²) in [6.45, 7) is 3.80. The second-order valence-corrected chi connectivity index (χ2v) is 5.30. The highest BCUT2D eigenvalue weighted by molar-refractivity contribution is 5.82. The lowest BCUT2D eigenvalue weighted by Crippen LogP contribution is -2.46. The van der Waals surface area contributed by atoms with E-state index in [1.165, 1.54) is 0 Å². The number of ether oxygens (including phenoxy) is 2. The molecular formula is C15H19NO5. The molecule has 0 radical (unpaired) electrons. The zero-order chi connectivity index (χ0) is 15.4. The predicted octanol–water partition coefficient (Wildman–Crippen LogP) is 1.30. The molecule has 2 N–H and O–H groups in total. The molecule has 6 heteroatoms. The maximum Gasteiger partial charge on any atom is 0.308 e. The number of amides is 1. The molecule has 0 bridgehead atoms. The quantitative estimate of drug-likeness (QED) is 0.854. The van der Waals surface area contributed by atoms with E-state index in [-0.39, 0.29) is 25.0 Å². The van der Waals surface area contributed by atoms with Crippen molar-refractivity contribution in [3.05, 3.63) is 24.3 Å². The fourth-order valence-electron chi connectivity index (χ4n) is 2.08. The zero-order valence-corrected chi connectivity index (χ0v) is 12.0. The third-order valence-electron chi connectivity index (χ3n) is 3.42. The first-order valence-corrected chi connectivity index (χ1v) is 6.88. The number of para-hydroxylation sites is 2. The summed E-state index contributed by atoms with van der Waals surface area (Å²) in [6.07, 6.45) is -0.762. The van der Waals surface area contributed by atoms with Gasteiger partial charge in [0, 0.05) is 6.54 Å². The van der Waals surface area contributed by atoms with Crippen LogP contribution in [0.2, 0.25) is 0 Å². The molecule has 1 aliphatic rings. The van der Waals surface area contributed by atoms with Crippen LogP contribution >= 0.6 is 0 Å². The summed E-state index contributed by atoms with van der Waals surface area (Å²) >= 11 is 0. The average molecular weight is 293 g/mol. The van der Waals surface area contributed by atoms with Gasteiger partial charge in [0.05, 0.1) is 5.92 Å². The molecule has 1 aromatic rings. The predicted molar refractivity (Wildman–Crippen MR) is 75.3 cm³/mol. The van der Waals surface area contributed by atoms with Gasteiger partial charge in [0.2, 0.25) is 6.10 Å². The highest BCUT2D eigenvalue weighted by Gasteiger charge is 2.29. The van der Waals surface area contributed by atoms with Gasteiger partial charge in [-0.05, 0) is 18.1 Å². The van der Waals surface area contributed by atoms with Crippen LogP contribution in [0.3, 0.4) is 0 Å². The van der Waals surface area contributed by atoms with E-state index in [0.29, 0.717) is 11.5 Å². The van der Waals surface area contributed by atoms with Gasteiger partial charge in [-0.2, -0.15) is 0 Å². The lowest BCUT2D eigenvalue weighted by Gasteiger charge is -2.26. The maximum absolute atomic E-state index is 12.0. The molecule has 1 aromatic carbocycles. The van der Waals surface area contributed by atoms with Gasteiger partial charge in [-0.1, -0.05) is 26.0 Å². The van der Waals surface area contributed by atoms with E-state index in [0.717, 1.165) is 0 Å². The second-order valence-electron chi connectivity index (χ2n) is 5.30. The molecular weight excluding hydrogens is 274 g/mol. The molecule has 1 amide bonds. The van der Waals surface area contributed by atoms with E-state index in [1.807, 2.05) is 6.07 Å². The van der Waals surface area contributed by atoms with Gasteiger partial charge in [0.1, 0.15) is 6.61 Å². The van der Waals surface area contributed by atoms with Gasteiger partial charge in [0.15, 0.2) is 11.5 Å². The fourth-order valence-corrected chi connectivity index (χ4v) is 2.08. The molecule has 0 saturated heterocycles. The van der Waals surface area contributed by atoms with Crippen molar-refractivity contribution < 1.29 is 24.2 Å². The summed E-state index contributed by atoms with van der Waals surface area (Å²) < 4.78 is 11.0. The number of carbonyl (C=O) groups excluding carboxylic acids is 1.